The summed E-state index contributed by atoms with van der Waals surface area (Å²) in [6.45, 7) is 0.291. The summed E-state index contributed by atoms with van der Waals surface area (Å²) < 4.78 is 40.8. The Morgan fingerprint density at radius 1 is 0.821 bits per heavy atom. The molecule has 0 radical (unpaired) electrons. The summed E-state index contributed by atoms with van der Waals surface area (Å²) in [6.07, 6.45) is 0. The Balaban J connectivity index is 1.67. The number of carbonyl (C=O) groups is 1. The number of amides is 1. The summed E-state index contributed by atoms with van der Waals surface area (Å²) in [5.74, 6) is -0.825. The van der Waals surface area contributed by atoms with Gasteiger partial charge in [0.15, 0.2) is 0 Å². The molecule has 28 heavy (non-hydrogen) atoms. The second-order valence-corrected chi connectivity index (χ2v) is 7.92. The fourth-order valence-electron chi connectivity index (χ4n) is 2.59. The van der Waals surface area contributed by atoms with Crippen molar-refractivity contribution in [1.82, 2.24) is 10.0 Å². The van der Waals surface area contributed by atoms with E-state index in [1.807, 2.05) is 30.3 Å². The van der Waals surface area contributed by atoms with Gasteiger partial charge < -0.3 is 5.32 Å². The van der Waals surface area contributed by atoms with Crippen LogP contribution < -0.4 is 10.0 Å². The van der Waals surface area contributed by atoms with Crippen molar-refractivity contribution in [2.45, 2.75) is 18.0 Å². The lowest BCUT2D eigenvalue weighted by molar-refractivity contribution is 0.0950. The van der Waals surface area contributed by atoms with Crippen LogP contribution in [-0.2, 0) is 23.1 Å². The zero-order valence-electron chi connectivity index (χ0n) is 14.9. The van der Waals surface area contributed by atoms with E-state index in [1.54, 1.807) is 12.1 Å². The highest BCUT2D eigenvalue weighted by Gasteiger charge is 2.16. The number of carbonyl (C=O) groups excluding carboxylic acids is 1. The van der Waals surface area contributed by atoms with Crippen LogP contribution in [0.1, 0.15) is 21.5 Å². The van der Waals surface area contributed by atoms with Crippen molar-refractivity contribution in [1.29, 1.82) is 0 Å². The number of halogens is 1. The minimum atomic E-state index is -3.77. The summed E-state index contributed by atoms with van der Waals surface area (Å²) in [4.78, 5) is 12.3. The van der Waals surface area contributed by atoms with E-state index in [-0.39, 0.29) is 29.4 Å². The van der Waals surface area contributed by atoms with Crippen molar-refractivity contribution in [3.63, 3.8) is 0 Å². The lowest BCUT2D eigenvalue weighted by atomic mass is 10.2. The fraction of sp³-hybridized carbons (Fsp3) is 0.0952. The first-order valence-corrected chi connectivity index (χ1v) is 10.1. The molecular formula is C21H19FN2O3S. The van der Waals surface area contributed by atoms with Crippen molar-refractivity contribution in [3.05, 3.63) is 101 Å². The highest BCUT2D eigenvalue weighted by Crippen LogP contribution is 2.13. The number of hydrogen-bond acceptors (Lipinski definition) is 3. The quantitative estimate of drug-likeness (QED) is 0.642. The molecule has 0 saturated heterocycles. The predicted octanol–water partition coefficient (Wildman–Crippen LogP) is 3.23. The molecular weight excluding hydrogens is 379 g/mol. The van der Waals surface area contributed by atoms with Crippen LogP contribution in [0.2, 0.25) is 0 Å². The summed E-state index contributed by atoms with van der Waals surface area (Å²) >= 11 is 0. The van der Waals surface area contributed by atoms with Gasteiger partial charge in [0.1, 0.15) is 5.82 Å². The maximum absolute atomic E-state index is 13.2. The van der Waals surface area contributed by atoms with Crippen LogP contribution in [-0.4, -0.2) is 14.3 Å². The zero-order chi connectivity index (χ0) is 20.0. The SMILES string of the molecule is O=C(NCc1cccc(F)c1)c1cccc(S(=O)(=O)NCc2ccccc2)c1. The topological polar surface area (TPSA) is 75.3 Å². The Bertz CT molecular complexity index is 1070. The standard InChI is InChI=1S/C21H19FN2O3S/c22-19-10-4-8-17(12-19)14-23-21(25)18-9-5-11-20(13-18)28(26,27)24-15-16-6-2-1-3-7-16/h1-13,24H,14-15H2,(H,23,25). The summed E-state index contributed by atoms with van der Waals surface area (Å²) in [5, 5.41) is 2.66. The number of benzene rings is 3. The Hall–Kier alpha value is -3.03. The van der Waals surface area contributed by atoms with Crippen molar-refractivity contribution >= 4 is 15.9 Å². The van der Waals surface area contributed by atoms with E-state index in [0.717, 1.165) is 5.56 Å². The van der Waals surface area contributed by atoms with Gasteiger partial charge in [-0.3, -0.25) is 4.79 Å². The second-order valence-electron chi connectivity index (χ2n) is 6.15. The van der Waals surface area contributed by atoms with Crippen molar-refractivity contribution in [2.24, 2.45) is 0 Å². The molecule has 0 aliphatic rings. The van der Waals surface area contributed by atoms with E-state index < -0.39 is 15.9 Å². The van der Waals surface area contributed by atoms with Gasteiger partial charge in [0.25, 0.3) is 5.91 Å². The summed E-state index contributed by atoms with van der Waals surface area (Å²) in [6, 6.07) is 20.8. The van der Waals surface area contributed by atoms with Crippen LogP contribution in [0.4, 0.5) is 4.39 Å². The van der Waals surface area contributed by atoms with Crippen LogP contribution in [0.25, 0.3) is 0 Å². The van der Waals surface area contributed by atoms with Gasteiger partial charge in [-0.2, -0.15) is 0 Å². The third-order valence-electron chi connectivity index (χ3n) is 4.06. The molecule has 3 aromatic carbocycles. The molecule has 3 aromatic rings. The fourth-order valence-corrected chi connectivity index (χ4v) is 3.66. The molecule has 3 rings (SSSR count). The van der Waals surface area contributed by atoms with Gasteiger partial charge in [-0.05, 0) is 41.5 Å². The summed E-state index contributed by atoms with van der Waals surface area (Å²) in [5.41, 5.74) is 1.65. The van der Waals surface area contributed by atoms with Crippen LogP contribution >= 0.6 is 0 Å². The van der Waals surface area contributed by atoms with Gasteiger partial charge in [0.2, 0.25) is 10.0 Å². The maximum atomic E-state index is 13.2. The smallest absolute Gasteiger partial charge is 0.251 e. The Kier molecular flexibility index (Phi) is 6.18. The van der Waals surface area contributed by atoms with Crippen molar-refractivity contribution in [3.8, 4) is 0 Å². The third-order valence-corrected chi connectivity index (χ3v) is 5.46. The Morgan fingerprint density at radius 2 is 1.54 bits per heavy atom. The van der Waals surface area contributed by atoms with Gasteiger partial charge >= 0.3 is 0 Å². The number of rotatable bonds is 7. The minimum Gasteiger partial charge on any atom is -0.348 e. The molecule has 1 amide bonds. The molecule has 0 fully saturated rings. The molecule has 2 N–H and O–H groups in total. The van der Waals surface area contributed by atoms with Gasteiger partial charge in [-0.15, -0.1) is 0 Å². The normalized spacial score (nSPS) is 11.2. The van der Waals surface area contributed by atoms with Crippen LogP contribution in [0.5, 0.6) is 0 Å². The predicted molar refractivity (Wildman–Crippen MR) is 104 cm³/mol. The van der Waals surface area contributed by atoms with Gasteiger partial charge in [-0.25, -0.2) is 17.5 Å². The highest BCUT2D eigenvalue weighted by atomic mass is 32.2. The van der Waals surface area contributed by atoms with Gasteiger partial charge in [0.05, 0.1) is 4.90 Å². The van der Waals surface area contributed by atoms with Gasteiger partial charge in [0, 0.05) is 18.7 Å². The minimum absolute atomic E-state index is 0.00170. The lowest BCUT2D eigenvalue weighted by Gasteiger charge is -2.09. The molecule has 0 atom stereocenters. The molecule has 5 nitrogen and oxygen atoms in total. The van der Waals surface area contributed by atoms with E-state index in [0.29, 0.717) is 5.56 Å². The molecule has 0 aromatic heterocycles. The first-order valence-electron chi connectivity index (χ1n) is 8.60. The molecule has 0 aliphatic heterocycles. The molecule has 0 bridgehead atoms. The number of hydrogen-bond donors (Lipinski definition) is 2. The molecule has 0 unspecified atom stereocenters. The lowest BCUT2D eigenvalue weighted by Crippen LogP contribution is -2.25. The molecule has 144 valence electrons. The van der Waals surface area contributed by atoms with E-state index >= 15 is 0 Å². The average molecular weight is 398 g/mol. The Labute approximate surface area is 163 Å². The summed E-state index contributed by atoms with van der Waals surface area (Å²) in [7, 11) is -3.77. The van der Waals surface area contributed by atoms with Crippen molar-refractivity contribution < 1.29 is 17.6 Å². The maximum Gasteiger partial charge on any atom is 0.251 e. The third kappa shape index (κ3) is 5.25. The number of sulfonamides is 1. The van der Waals surface area contributed by atoms with E-state index in [9.17, 15) is 17.6 Å². The van der Waals surface area contributed by atoms with E-state index in [4.69, 9.17) is 0 Å². The molecule has 0 saturated carbocycles. The Morgan fingerprint density at radius 3 is 2.29 bits per heavy atom. The largest absolute Gasteiger partial charge is 0.348 e. The molecule has 0 spiro atoms. The average Bonchev–Trinajstić information content (AvgIpc) is 2.71. The first kappa shape index (κ1) is 19.7. The van der Waals surface area contributed by atoms with Crippen LogP contribution in [0.15, 0.2) is 83.8 Å². The molecule has 0 aliphatic carbocycles. The van der Waals surface area contributed by atoms with Gasteiger partial charge in [-0.1, -0.05) is 48.5 Å². The molecule has 0 heterocycles. The van der Waals surface area contributed by atoms with E-state index in [2.05, 4.69) is 10.0 Å². The van der Waals surface area contributed by atoms with Crippen molar-refractivity contribution in [2.75, 3.05) is 0 Å². The molecule has 7 heteroatoms. The second kappa shape index (κ2) is 8.77. The van der Waals surface area contributed by atoms with E-state index in [1.165, 1.54) is 36.4 Å². The van der Waals surface area contributed by atoms with Crippen LogP contribution in [0, 0.1) is 5.82 Å². The van der Waals surface area contributed by atoms with Crippen LogP contribution in [0.3, 0.4) is 0 Å². The first-order chi connectivity index (χ1) is 13.4. The zero-order valence-corrected chi connectivity index (χ0v) is 15.7. The number of nitrogens with one attached hydrogen (secondary N) is 2. The highest BCUT2D eigenvalue weighted by molar-refractivity contribution is 7.89. The monoisotopic (exact) mass is 398 g/mol.